The zero-order valence-electron chi connectivity index (χ0n) is 20.0. The number of hydrogen-bond acceptors (Lipinski definition) is 5. The number of ether oxygens (including phenoxy) is 4. The Balaban J connectivity index is 1.49. The highest BCUT2D eigenvalue weighted by Crippen LogP contribution is 2.43. The first-order chi connectivity index (χ1) is 16.2. The first-order valence-electron chi connectivity index (χ1n) is 12.2. The van der Waals surface area contributed by atoms with Crippen molar-refractivity contribution in [2.45, 2.75) is 63.4 Å². The molecule has 2 aromatic carbocycles. The molecule has 5 rings (SSSR count). The predicted octanol–water partition coefficient (Wildman–Crippen LogP) is 5.79. The lowest BCUT2D eigenvalue weighted by atomic mass is 9.74. The Morgan fingerprint density at radius 2 is 1.76 bits per heavy atom. The molecule has 0 amide bonds. The summed E-state index contributed by atoms with van der Waals surface area (Å²) in [5.41, 5.74) is 6.93. The van der Waals surface area contributed by atoms with Crippen molar-refractivity contribution in [2.24, 2.45) is 10.9 Å². The SMILES string of the molecule is COCc1cc2c(cc1OC)C(c1ccc(C(OC)OCC3CC3)cc1)=NC1CCCCC21. The second kappa shape index (κ2) is 9.96. The number of aliphatic imine (C=N–C) groups is 1. The molecule has 0 N–H and O–H groups in total. The third-order valence-corrected chi connectivity index (χ3v) is 7.28. The minimum absolute atomic E-state index is 0.320. The van der Waals surface area contributed by atoms with E-state index >= 15 is 0 Å². The van der Waals surface area contributed by atoms with Crippen molar-refractivity contribution < 1.29 is 18.9 Å². The van der Waals surface area contributed by atoms with Gasteiger partial charge in [0.15, 0.2) is 6.29 Å². The van der Waals surface area contributed by atoms with Gasteiger partial charge in [0.25, 0.3) is 0 Å². The Morgan fingerprint density at radius 3 is 2.45 bits per heavy atom. The predicted molar refractivity (Wildman–Crippen MR) is 129 cm³/mol. The van der Waals surface area contributed by atoms with Gasteiger partial charge in [-0.1, -0.05) is 37.1 Å². The Kier molecular flexibility index (Phi) is 6.81. The topological polar surface area (TPSA) is 49.3 Å². The fourth-order valence-electron chi connectivity index (χ4n) is 5.31. The Morgan fingerprint density at radius 1 is 0.970 bits per heavy atom. The van der Waals surface area contributed by atoms with Gasteiger partial charge in [-0.05, 0) is 49.3 Å². The fourth-order valence-corrected chi connectivity index (χ4v) is 5.31. The maximum Gasteiger partial charge on any atom is 0.183 e. The summed E-state index contributed by atoms with van der Waals surface area (Å²) in [6.45, 7) is 1.32. The summed E-state index contributed by atoms with van der Waals surface area (Å²) in [6, 6.07) is 13.4. The molecule has 2 fully saturated rings. The first kappa shape index (κ1) is 22.6. The molecule has 1 aliphatic heterocycles. The van der Waals surface area contributed by atoms with Crippen molar-refractivity contribution in [1.29, 1.82) is 0 Å². The molecule has 176 valence electrons. The number of methoxy groups -OCH3 is 3. The summed E-state index contributed by atoms with van der Waals surface area (Å²) >= 11 is 0. The maximum atomic E-state index is 6.00. The van der Waals surface area contributed by atoms with E-state index in [1.165, 1.54) is 43.2 Å². The van der Waals surface area contributed by atoms with Crippen LogP contribution >= 0.6 is 0 Å². The molecule has 0 radical (unpaired) electrons. The van der Waals surface area contributed by atoms with Gasteiger partial charge in [-0.25, -0.2) is 0 Å². The van der Waals surface area contributed by atoms with Crippen LogP contribution in [0.15, 0.2) is 41.4 Å². The molecule has 0 spiro atoms. The molecule has 0 bridgehead atoms. The van der Waals surface area contributed by atoms with E-state index in [1.54, 1.807) is 21.3 Å². The van der Waals surface area contributed by atoms with Gasteiger partial charge in [0.2, 0.25) is 0 Å². The highest BCUT2D eigenvalue weighted by molar-refractivity contribution is 6.15. The molecule has 33 heavy (non-hydrogen) atoms. The van der Waals surface area contributed by atoms with Gasteiger partial charge in [-0.2, -0.15) is 0 Å². The van der Waals surface area contributed by atoms with Crippen LogP contribution in [-0.2, 0) is 20.8 Å². The second-order valence-corrected chi connectivity index (χ2v) is 9.59. The third kappa shape index (κ3) is 4.72. The maximum absolute atomic E-state index is 6.00. The van der Waals surface area contributed by atoms with Gasteiger partial charge < -0.3 is 18.9 Å². The number of benzene rings is 2. The van der Waals surface area contributed by atoms with E-state index in [0.717, 1.165) is 41.2 Å². The fraction of sp³-hybridized carbons (Fsp3) is 0.536. The van der Waals surface area contributed by atoms with Crippen molar-refractivity contribution in [3.8, 4) is 5.75 Å². The summed E-state index contributed by atoms with van der Waals surface area (Å²) in [6.07, 6.45) is 7.09. The quantitative estimate of drug-likeness (QED) is 0.455. The van der Waals surface area contributed by atoms with Crippen LogP contribution in [0.1, 0.15) is 78.6 Å². The summed E-state index contributed by atoms with van der Waals surface area (Å²) in [7, 11) is 5.17. The van der Waals surface area contributed by atoms with E-state index in [1.807, 2.05) is 0 Å². The van der Waals surface area contributed by atoms with Gasteiger partial charge in [0, 0.05) is 42.4 Å². The molecule has 3 aliphatic rings. The van der Waals surface area contributed by atoms with Crippen LogP contribution in [0.3, 0.4) is 0 Å². The summed E-state index contributed by atoms with van der Waals surface area (Å²) in [4.78, 5) is 5.30. The van der Waals surface area contributed by atoms with Crippen LogP contribution in [0.5, 0.6) is 5.75 Å². The lowest BCUT2D eigenvalue weighted by Gasteiger charge is -2.36. The third-order valence-electron chi connectivity index (χ3n) is 7.28. The number of nitrogens with zero attached hydrogens (tertiary/aromatic N) is 1. The summed E-state index contributed by atoms with van der Waals surface area (Å²) < 4.78 is 22.8. The number of fused-ring (bicyclic) bond motifs is 3. The van der Waals surface area contributed by atoms with Crippen LogP contribution in [0.4, 0.5) is 0 Å². The standard InChI is InChI=1S/C28H35NO4/c1-30-17-21-14-23-22-6-4-5-7-25(22)29-27(24(23)15-26(21)31-2)19-10-12-20(13-11-19)28(32-3)33-16-18-8-9-18/h10-15,18,22,25,28H,4-9,16-17H2,1-3H3. The minimum Gasteiger partial charge on any atom is -0.496 e. The van der Waals surface area contributed by atoms with E-state index in [2.05, 4.69) is 36.4 Å². The Labute approximate surface area is 197 Å². The minimum atomic E-state index is -0.320. The molecule has 3 atom stereocenters. The lowest BCUT2D eigenvalue weighted by molar-refractivity contribution is -0.130. The van der Waals surface area contributed by atoms with E-state index in [9.17, 15) is 0 Å². The van der Waals surface area contributed by atoms with Crippen LogP contribution in [-0.4, -0.2) is 39.7 Å². The van der Waals surface area contributed by atoms with Gasteiger partial charge in [-0.15, -0.1) is 0 Å². The average Bonchev–Trinajstić information content (AvgIpc) is 3.69. The van der Waals surface area contributed by atoms with Gasteiger partial charge >= 0.3 is 0 Å². The molecule has 2 saturated carbocycles. The van der Waals surface area contributed by atoms with E-state index < -0.39 is 0 Å². The summed E-state index contributed by atoms with van der Waals surface area (Å²) in [5, 5.41) is 0. The van der Waals surface area contributed by atoms with Crippen molar-refractivity contribution >= 4 is 5.71 Å². The van der Waals surface area contributed by atoms with Crippen LogP contribution in [0.2, 0.25) is 0 Å². The van der Waals surface area contributed by atoms with E-state index in [4.69, 9.17) is 23.9 Å². The molecule has 2 aromatic rings. The molecule has 0 saturated heterocycles. The lowest BCUT2D eigenvalue weighted by Crippen LogP contribution is -2.29. The first-order valence-corrected chi connectivity index (χ1v) is 12.2. The van der Waals surface area contributed by atoms with E-state index in [-0.39, 0.29) is 6.29 Å². The van der Waals surface area contributed by atoms with E-state index in [0.29, 0.717) is 24.5 Å². The molecule has 5 heteroatoms. The molecular formula is C28H35NO4. The average molecular weight is 450 g/mol. The zero-order chi connectivity index (χ0) is 22.8. The van der Waals surface area contributed by atoms with Crippen LogP contribution in [0, 0.1) is 5.92 Å². The largest absolute Gasteiger partial charge is 0.496 e. The molecule has 2 aliphatic carbocycles. The van der Waals surface area contributed by atoms with Gasteiger partial charge in [-0.3, -0.25) is 4.99 Å². The number of hydrogen-bond donors (Lipinski definition) is 0. The van der Waals surface area contributed by atoms with Crippen molar-refractivity contribution in [3.05, 3.63) is 64.2 Å². The second-order valence-electron chi connectivity index (χ2n) is 9.59. The van der Waals surface area contributed by atoms with Crippen LogP contribution in [0.25, 0.3) is 0 Å². The van der Waals surface area contributed by atoms with Gasteiger partial charge in [0.1, 0.15) is 5.75 Å². The normalized spacial score (nSPS) is 22.8. The zero-order valence-corrected chi connectivity index (χ0v) is 20.0. The Hall–Kier alpha value is -2.21. The molecular weight excluding hydrogens is 414 g/mol. The summed E-state index contributed by atoms with van der Waals surface area (Å²) in [5.74, 6) is 2.05. The van der Waals surface area contributed by atoms with Gasteiger partial charge in [0.05, 0.1) is 32.1 Å². The van der Waals surface area contributed by atoms with Crippen molar-refractivity contribution in [2.75, 3.05) is 27.9 Å². The Bertz CT molecular complexity index is 996. The molecule has 1 heterocycles. The molecule has 5 nitrogen and oxygen atoms in total. The highest BCUT2D eigenvalue weighted by atomic mass is 16.7. The molecule has 3 unspecified atom stereocenters. The highest BCUT2D eigenvalue weighted by Gasteiger charge is 2.34. The van der Waals surface area contributed by atoms with Crippen molar-refractivity contribution in [3.63, 3.8) is 0 Å². The monoisotopic (exact) mass is 449 g/mol. The smallest absolute Gasteiger partial charge is 0.183 e. The van der Waals surface area contributed by atoms with Crippen LogP contribution < -0.4 is 4.74 Å². The molecule has 0 aromatic heterocycles. The van der Waals surface area contributed by atoms with Crippen molar-refractivity contribution in [1.82, 2.24) is 0 Å². The number of rotatable bonds is 9.